The molecule has 1 heterocycles. The zero-order chi connectivity index (χ0) is 32.8. The van der Waals surface area contributed by atoms with Crippen molar-refractivity contribution < 1.29 is 28.2 Å². The van der Waals surface area contributed by atoms with E-state index in [0.717, 1.165) is 51.4 Å². The van der Waals surface area contributed by atoms with Crippen molar-refractivity contribution in [3.8, 4) is 0 Å². The number of nitrogens with two attached hydrogens (primary N) is 1. The Kier molecular flexibility index (Phi) is 12.4. The molecule has 5 N–H and O–H groups in total. The smallest absolute Gasteiger partial charge is 0.315 e. The number of hydrogen-bond donors (Lipinski definition) is 4. The fraction of sp³-hybridized carbons (Fsp3) is 0.839. The number of nitrogens with one attached hydrogen (secondary N) is 3. The van der Waals surface area contributed by atoms with Gasteiger partial charge in [-0.3, -0.25) is 19.2 Å². The van der Waals surface area contributed by atoms with E-state index in [1.54, 1.807) is 17.6 Å². The maximum Gasteiger partial charge on any atom is 0.315 e. The Labute approximate surface area is 264 Å². The van der Waals surface area contributed by atoms with Crippen LogP contribution in [0.5, 0.6) is 0 Å². The highest BCUT2D eigenvalue weighted by atomic mass is 32.2. The van der Waals surface area contributed by atoms with Crippen LogP contribution in [0.1, 0.15) is 98.3 Å². The summed E-state index contributed by atoms with van der Waals surface area (Å²) >= 11 is 0. The van der Waals surface area contributed by atoms with Gasteiger partial charge in [-0.15, -0.1) is 0 Å². The zero-order valence-corrected chi connectivity index (χ0v) is 28.2. The summed E-state index contributed by atoms with van der Waals surface area (Å²) in [5.74, 6) is -2.46. The van der Waals surface area contributed by atoms with Gasteiger partial charge in [0.05, 0.1) is 17.0 Å². The predicted octanol–water partition coefficient (Wildman–Crippen LogP) is 1.99. The molecule has 13 heteroatoms. The van der Waals surface area contributed by atoms with Gasteiger partial charge >= 0.3 is 6.03 Å². The molecule has 5 atom stereocenters. The molecule has 0 aromatic heterocycles. The second-order valence-electron chi connectivity index (χ2n) is 14.4. The van der Waals surface area contributed by atoms with E-state index in [1.807, 2.05) is 27.7 Å². The maximum atomic E-state index is 14.3. The number of urea groups is 1. The molecule has 0 aromatic rings. The van der Waals surface area contributed by atoms with Crippen LogP contribution in [-0.2, 0) is 30.2 Å². The van der Waals surface area contributed by atoms with Crippen LogP contribution in [0.15, 0.2) is 0 Å². The van der Waals surface area contributed by atoms with E-state index in [2.05, 4.69) is 16.0 Å². The standard InChI is InChI=1S/C31H54N6O6S/c1-30(2,3)23(19-36(5)44(6)43)34-29(42)35-25(31(4)15-8-7-9-16-31)28(41)37-17-11-14-22(37)27(40)33-21(24(38)26(32)39)18-20-12-10-13-20/h20-23,25H,7-19H2,1-6H3,(H2,32,39)(H,33,40)(H2,34,35,42)/t21?,22-,23+,25+,44?/m0/s1. The summed E-state index contributed by atoms with van der Waals surface area (Å²) in [6.45, 7) is 8.70. The van der Waals surface area contributed by atoms with Crippen molar-refractivity contribution in [1.82, 2.24) is 25.2 Å². The minimum atomic E-state index is -1.21. The van der Waals surface area contributed by atoms with Crippen molar-refractivity contribution in [2.75, 3.05) is 26.4 Å². The number of rotatable bonds is 13. The first-order valence-electron chi connectivity index (χ1n) is 16.1. The van der Waals surface area contributed by atoms with Gasteiger partial charge in [0.25, 0.3) is 5.91 Å². The Morgan fingerprint density at radius 2 is 1.61 bits per heavy atom. The molecule has 44 heavy (non-hydrogen) atoms. The van der Waals surface area contributed by atoms with Gasteiger partial charge in [-0.25, -0.2) is 13.3 Å². The number of nitrogens with zero attached hydrogens (tertiary/aromatic N) is 2. The molecule has 0 bridgehead atoms. The molecular formula is C31H54N6O6S. The van der Waals surface area contributed by atoms with Crippen molar-refractivity contribution in [1.29, 1.82) is 0 Å². The highest BCUT2D eigenvalue weighted by molar-refractivity contribution is 7.81. The first-order chi connectivity index (χ1) is 20.5. The monoisotopic (exact) mass is 638 g/mol. The summed E-state index contributed by atoms with van der Waals surface area (Å²) < 4.78 is 13.7. The van der Waals surface area contributed by atoms with E-state index in [4.69, 9.17) is 5.73 Å². The fourth-order valence-electron chi connectivity index (χ4n) is 6.61. The van der Waals surface area contributed by atoms with Gasteiger partial charge < -0.3 is 26.6 Å². The molecule has 3 rings (SSSR count). The molecule has 12 nitrogen and oxygen atoms in total. The van der Waals surface area contributed by atoms with Crippen molar-refractivity contribution in [2.24, 2.45) is 22.5 Å². The molecule has 2 aliphatic carbocycles. The number of likely N-dealkylation sites (tertiary alicyclic amines) is 1. The Morgan fingerprint density at radius 3 is 2.14 bits per heavy atom. The number of likely N-dealkylation sites (N-methyl/N-ethyl adjacent to an activating group) is 1. The van der Waals surface area contributed by atoms with Crippen molar-refractivity contribution in [3.63, 3.8) is 0 Å². The summed E-state index contributed by atoms with van der Waals surface area (Å²) in [6.07, 6.45) is 10.3. The topological polar surface area (TPSA) is 171 Å². The molecule has 250 valence electrons. The highest BCUT2D eigenvalue weighted by Gasteiger charge is 2.47. The predicted molar refractivity (Wildman–Crippen MR) is 169 cm³/mol. The second-order valence-corrected chi connectivity index (χ2v) is 15.9. The molecule has 0 spiro atoms. The molecule has 1 saturated heterocycles. The van der Waals surface area contributed by atoms with E-state index in [9.17, 15) is 28.2 Å². The number of carbonyl (C=O) groups excluding carboxylic acids is 5. The zero-order valence-electron chi connectivity index (χ0n) is 27.4. The number of Topliss-reactive ketones (excluding diaryl/α,β-unsaturated/α-hetero) is 1. The van der Waals surface area contributed by atoms with Gasteiger partial charge in [-0.05, 0) is 55.9 Å². The molecule has 0 aromatic carbocycles. The third-order valence-electron chi connectivity index (χ3n) is 9.95. The average molecular weight is 639 g/mol. The SMILES string of the molecule is CN(C[C@@H](NC(=O)N[C@H](C(=O)N1CCC[C@H]1C(=O)NC(CC1CCC1)C(=O)C(N)=O)C1(C)CCCCC1)C(C)(C)C)S(C)=O. The van der Waals surface area contributed by atoms with Gasteiger partial charge in [-0.2, -0.15) is 0 Å². The van der Waals surface area contributed by atoms with Gasteiger partial charge in [0.15, 0.2) is 0 Å². The molecule has 3 fully saturated rings. The van der Waals surface area contributed by atoms with E-state index in [-0.39, 0.29) is 23.3 Å². The molecule has 0 radical (unpaired) electrons. The van der Waals surface area contributed by atoms with E-state index < -0.39 is 58.2 Å². The number of amides is 5. The number of hydrogen-bond acceptors (Lipinski definition) is 6. The average Bonchev–Trinajstić information content (AvgIpc) is 3.41. The molecule has 1 aliphatic heterocycles. The Bertz CT molecular complexity index is 1100. The van der Waals surface area contributed by atoms with Crippen LogP contribution >= 0.6 is 0 Å². The molecular weight excluding hydrogens is 584 g/mol. The lowest BCUT2D eigenvalue weighted by atomic mass is 9.70. The van der Waals surface area contributed by atoms with Crippen LogP contribution in [0.2, 0.25) is 0 Å². The van der Waals surface area contributed by atoms with Crippen molar-refractivity contribution in [2.45, 2.75) is 122 Å². The van der Waals surface area contributed by atoms with Gasteiger partial charge in [-0.1, -0.05) is 66.2 Å². The van der Waals surface area contributed by atoms with E-state index in [0.29, 0.717) is 32.4 Å². The quantitative estimate of drug-likeness (QED) is 0.225. The second kappa shape index (κ2) is 15.2. The third kappa shape index (κ3) is 9.24. The van der Waals surface area contributed by atoms with Crippen LogP contribution in [0, 0.1) is 16.7 Å². The fourth-order valence-corrected chi connectivity index (χ4v) is 6.97. The lowest BCUT2D eigenvalue weighted by Crippen LogP contribution is -2.62. The lowest BCUT2D eigenvalue weighted by Gasteiger charge is -2.43. The third-order valence-corrected chi connectivity index (χ3v) is 11.0. The first-order valence-corrected chi connectivity index (χ1v) is 17.6. The van der Waals surface area contributed by atoms with Gasteiger partial charge in [0.2, 0.25) is 17.6 Å². The Hall–Kier alpha value is -2.54. The van der Waals surface area contributed by atoms with Crippen LogP contribution in [0.3, 0.4) is 0 Å². The van der Waals surface area contributed by atoms with Crippen LogP contribution in [-0.4, -0.2) is 93.5 Å². The summed E-state index contributed by atoms with van der Waals surface area (Å²) in [5.41, 5.74) is 4.43. The number of primary amides is 1. The lowest BCUT2D eigenvalue weighted by molar-refractivity contribution is -0.144. The minimum absolute atomic E-state index is 0.247. The minimum Gasteiger partial charge on any atom is -0.363 e. The molecule has 5 amide bonds. The Morgan fingerprint density at radius 1 is 0.977 bits per heavy atom. The molecule has 3 aliphatic rings. The van der Waals surface area contributed by atoms with Crippen molar-refractivity contribution >= 4 is 40.5 Å². The molecule has 2 saturated carbocycles. The van der Waals surface area contributed by atoms with Crippen LogP contribution < -0.4 is 21.7 Å². The summed E-state index contributed by atoms with van der Waals surface area (Å²) in [4.78, 5) is 67.3. The van der Waals surface area contributed by atoms with E-state index in [1.165, 1.54) is 4.90 Å². The van der Waals surface area contributed by atoms with Gasteiger partial charge in [0, 0.05) is 25.4 Å². The van der Waals surface area contributed by atoms with Gasteiger partial charge in [0.1, 0.15) is 12.1 Å². The normalized spacial score (nSPS) is 23.2. The summed E-state index contributed by atoms with van der Waals surface area (Å²) in [6, 6.07) is -3.54. The molecule has 2 unspecified atom stereocenters. The maximum absolute atomic E-state index is 14.3. The number of carbonyl (C=O) groups is 5. The number of ketones is 1. The van der Waals surface area contributed by atoms with E-state index >= 15 is 0 Å². The summed E-state index contributed by atoms with van der Waals surface area (Å²) in [7, 11) is 0.518. The van der Waals surface area contributed by atoms with Crippen LogP contribution in [0.4, 0.5) is 4.79 Å². The Balaban J connectivity index is 1.80. The highest BCUT2D eigenvalue weighted by Crippen LogP contribution is 2.40. The van der Waals surface area contributed by atoms with Crippen LogP contribution in [0.25, 0.3) is 0 Å². The summed E-state index contributed by atoms with van der Waals surface area (Å²) in [5, 5.41) is 8.78. The first kappa shape index (κ1) is 35.9. The van der Waals surface area contributed by atoms with Crippen molar-refractivity contribution in [3.05, 3.63) is 0 Å². The largest absolute Gasteiger partial charge is 0.363 e.